The minimum atomic E-state index is -0.903. The van der Waals surface area contributed by atoms with Crippen molar-refractivity contribution in [2.24, 2.45) is 0 Å². The van der Waals surface area contributed by atoms with Gasteiger partial charge in [-0.1, -0.05) is 25.1 Å². The number of nitrogens with zero attached hydrogens (tertiary/aromatic N) is 1. The van der Waals surface area contributed by atoms with E-state index in [0.717, 1.165) is 0 Å². The first kappa shape index (κ1) is 12.5. The van der Waals surface area contributed by atoms with Crippen LogP contribution in [0.1, 0.15) is 25.8 Å². The van der Waals surface area contributed by atoms with Crippen LogP contribution in [0.3, 0.4) is 0 Å². The molecule has 1 aromatic carbocycles. The normalized spacial score (nSPS) is 23.4. The molecule has 0 aliphatic carbocycles. The predicted molar refractivity (Wildman–Crippen MR) is 64.2 cm³/mol. The third-order valence-corrected chi connectivity index (χ3v) is 3.53. The summed E-state index contributed by atoms with van der Waals surface area (Å²) in [7, 11) is 0. The molecule has 18 heavy (non-hydrogen) atoms. The lowest BCUT2D eigenvalue weighted by Crippen LogP contribution is -2.46. The maximum absolute atomic E-state index is 13.6. The summed E-state index contributed by atoms with van der Waals surface area (Å²) >= 11 is 0. The molecule has 1 heterocycles. The van der Waals surface area contributed by atoms with Crippen molar-refractivity contribution < 1.29 is 14.0 Å². The van der Waals surface area contributed by atoms with Crippen LogP contribution in [-0.2, 0) is 11.3 Å². The maximum Gasteiger partial charge on any atom is 0.325 e. The zero-order valence-electron chi connectivity index (χ0n) is 10.4. The summed E-state index contributed by atoms with van der Waals surface area (Å²) in [5.74, 6) is -0.700. The molecule has 0 saturated carbocycles. The van der Waals surface area contributed by atoms with E-state index in [2.05, 4.69) is 5.32 Å². The molecular weight excluding hydrogens is 235 g/mol. The fourth-order valence-electron chi connectivity index (χ4n) is 2.04. The average Bonchev–Trinajstić information content (AvgIpc) is 2.56. The van der Waals surface area contributed by atoms with E-state index in [1.54, 1.807) is 25.1 Å². The van der Waals surface area contributed by atoms with Gasteiger partial charge < -0.3 is 4.90 Å². The highest BCUT2D eigenvalue weighted by molar-refractivity contribution is 6.06. The molecule has 1 atom stereocenters. The van der Waals surface area contributed by atoms with Gasteiger partial charge in [-0.05, 0) is 19.4 Å². The number of urea groups is 1. The van der Waals surface area contributed by atoms with Gasteiger partial charge in [-0.25, -0.2) is 9.18 Å². The van der Waals surface area contributed by atoms with Gasteiger partial charge in [0.25, 0.3) is 5.91 Å². The highest BCUT2D eigenvalue weighted by Gasteiger charge is 2.47. The predicted octanol–water partition coefficient (Wildman–Crippen LogP) is 2.05. The van der Waals surface area contributed by atoms with Crippen molar-refractivity contribution in [1.29, 1.82) is 0 Å². The SMILES string of the molecule is CCC1(C)C(=O)NC(=O)N1Cc1ccccc1F. The van der Waals surface area contributed by atoms with Crippen molar-refractivity contribution >= 4 is 11.9 Å². The van der Waals surface area contributed by atoms with Gasteiger partial charge in [0.05, 0.1) is 6.54 Å². The second-order valence-corrected chi connectivity index (χ2v) is 4.56. The summed E-state index contributed by atoms with van der Waals surface area (Å²) in [6, 6.07) is 5.79. The number of carbonyl (C=O) groups is 2. The molecular formula is C13H15FN2O2. The summed E-state index contributed by atoms with van der Waals surface area (Å²) in [6.45, 7) is 3.61. The summed E-state index contributed by atoms with van der Waals surface area (Å²) in [5, 5.41) is 2.27. The van der Waals surface area contributed by atoms with Crippen molar-refractivity contribution in [3.05, 3.63) is 35.6 Å². The van der Waals surface area contributed by atoms with E-state index < -0.39 is 11.6 Å². The quantitative estimate of drug-likeness (QED) is 0.835. The second kappa shape index (κ2) is 4.40. The first-order valence-electron chi connectivity index (χ1n) is 5.85. The van der Waals surface area contributed by atoms with Crippen LogP contribution in [0.4, 0.5) is 9.18 Å². The highest BCUT2D eigenvalue weighted by atomic mass is 19.1. The summed E-state index contributed by atoms with van der Waals surface area (Å²) in [5.41, 5.74) is -0.499. The molecule has 0 aromatic heterocycles. The van der Waals surface area contributed by atoms with Crippen LogP contribution >= 0.6 is 0 Å². The molecule has 1 unspecified atom stereocenters. The van der Waals surface area contributed by atoms with Gasteiger partial charge in [0.1, 0.15) is 11.4 Å². The molecule has 1 aliphatic rings. The Kier molecular flexibility index (Phi) is 3.07. The fourth-order valence-corrected chi connectivity index (χ4v) is 2.04. The van der Waals surface area contributed by atoms with Crippen molar-refractivity contribution in [2.75, 3.05) is 0 Å². The van der Waals surface area contributed by atoms with E-state index in [9.17, 15) is 14.0 Å². The molecule has 1 N–H and O–H groups in total. The van der Waals surface area contributed by atoms with Crippen LogP contribution in [0, 0.1) is 5.82 Å². The Balaban J connectivity index is 2.30. The first-order valence-corrected chi connectivity index (χ1v) is 5.85. The van der Waals surface area contributed by atoms with Crippen LogP contribution in [0.25, 0.3) is 0 Å². The zero-order valence-corrected chi connectivity index (χ0v) is 10.4. The number of benzene rings is 1. The number of amides is 3. The van der Waals surface area contributed by atoms with Gasteiger partial charge in [0.2, 0.25) is 0 Å². The van der Waals surface area contributed by atoms with E-state index in [4.69, 9.17) is 0 Å². The van der Waals surface area contributed by atoms with Gasteiger partial charge in [0.15, 0.2) is 0 Å². The highest BCUT2D eigenvalue weighted by Crippen LogP contribution is 2.27. The van der Waals surface area contributed by atoms with Crippen LogP contribution in [0.2, 0.25) is 0 Å². The maximum atomic E-state index is 13.6. The molecule has 1 aromatic rings. The molecule has 1 fully saturated rings. The first-order chi connectivity index (χ1) is 8.49. The standard InChI is InChI=1S/C13H15FN2O2/c1-3-13(2)11(17)15-12(18)16(13)8-9-6-4-5-7-10(9)14/h4-7H,3,8H2,1-2H3,(H,15,17,18). The Hall–Kier alpha value is -1.91. The number of nitrogens with one attached hydrogen (secondary N) is 1. The Morgan fingerprint density at radius 2 is 2.00 bits per heavy atom. The smallest absolute Gasteiger partial charge is 0.306 e. The van der Waals surface area contributed by atoms with E-state index in [-0.39, 0.29) is 18.3 Å². The van der Waals surface area contributed by atoms with Crippen molar-refractivity contribution in [2.45, 2.75) is 32.4 Å². The van der Waals surface area contributed by atoms with Crippen LogP contribution < -0.4 is 5.32 Å². The molecule has 1 aliphatic heterocycles. The lowest BCUT2D eigenvalue weighted by molar-refractivity contribution is -0.126. The molecule has 96 valence electrons. The van der Waals surface area contributed by atoms with Gasteiger partial charge in [-0.15, -0.1) is 0 Å². The molecule has 0 radical (unpaired) electrons. The van der Waals surface area contributed by atoms with Crippen molar-refractivity contribution in [3.63, 3.8) is 0 Å². The fraction of sp³-hybridized carbons (Fsp3) is 0.385. The monoisotopic (exact) mass is 250 g/mol. The Bertz CT molecular complexity index is 504. The summed E-state index contributed by atoms with van der Waals surface area (Å²) in [4.78, 5) is 24.9. The van der Waals surface area contributed by atoms with E-state index in [1.165, 1.54) is 11.0 Å². The number of hydrogen-bond acceptors (Lipinski definition) is 2. The minimum Gasteiger partial charge on any atom is -0.306 e. The third kappa shape index (κ3) is 1.85. The summed E-state index contributed by atoms with van der Waals surface area (Å²) in [6.07, 6.45) is 0.485. The molecule has 5 heteroatoms. The van der Waals surface area contributed by atoms with Gasteiger partial charge in [-0.2, -0.15) is 0 Å². The zero-order chi connectivity index (χ0) is 13.3. The minimum absolute atomic E-state index is 0.0919. The average molecular weight is 250 g/mol. The van der Waals surface area contributed by atoms with Gasteiger partial charge in [0, 0.05) is 5.56 Å². The number of carbonyl (C=O) groups excluding carboxylic acids is 2. The van der Waals surface area contributed by atoms with Crippen LogP contribution in [0.15, 0.2) is 24.3 Å². The van der Waals surface area contributed by atoms with Crippen molar-refractivity contribution in [3.8, 4) is 0 Å². The topological polar surface area (TPSA) is 49.4 Å². The van der Waals surface area contributed by atoms with Gasteiger partial charge in [-0.3, -0.25) is 10.1 Å². The van der Waals surface area contributed by atoms with E-state index in [1.807, 2.05) is 6.92 Å². The summed E-state index contributed by atoms with van der Waals surface area (Å²) < 4.78 is 13.6. The Morgan fingerprint density at radius 1 is 1.33 bits per heavy atom. The van der Waals surface area contributed by atoms with Crippen LogP contribution in [-0.4, -0.2) is 22.4 Å². The van der Waals surface area contributed by atoms with Crippen molar-refractivity contribution in [1.82, 2.24) is 10.2 Å². The molecule has 1 saturated heterocycles. The molecule has 3 amide bonds. The molecule has 2 rings (SSSR count). The molecule has 0 bridgehead atoms. The molecule has 0 spiro atoms. The third-order valence-electron chi connectivity index (χ3n) is 3.53. The van der Waals surface area contributed by atoms with Gasteiger partial charge >= 0.3 is 6.03 Å². The molecule has 4 nitrogen and oxygen atoms in total. The number of hydrogen-bond donors (Lipinski definition) is 1. The van der Waals surface area contributed by atoms with Crippen LogP contribution in [0.5, 0.6) is 0 Å². The number of halogens is 1. The lowest BCUT2D eigenvalue weighted by Gasteiger charge is -2.30. The number of imide groups is 1. The van der Waals surface area contributed by atoms with E-state index >= 15 is 0 Å². The largest absolute Gasteiger partial charge is 0.325 e. The van der Waals surface area contributed by atoms with E-state index in [0.29, 0.717) is 12.0 Å². The second-order valence-electron chi connectivity index (χ2n) is 4.56. The number of rotatable bonds is 3. The Labute approximate surface area is 105 Å². The lowest BCUT2D eigenvalue weighted by atomic mass is 9.97. The Morgan fingerprint density at radius 3 is 2.61 bits per heavy atom.